The molecule has 0 saturated carbocycles. The van der Waals surface area contributed by atoms with Crippen molar-refractivity contribution in [3.05, 3.63) is 59.7 Å². The SMILES string of the molecule is Cc1ccc2cccc(NCc3cc(C(=O)O)co3)c2n1. The normalized spacial score (nSPS) is 10.7. The first-order valence-corrected chi connectivity index (χ1v) is 6.54. The summed E-state index contributed by atoms with van der Waals surface area (Å²) in [7, 11) is 0. The van der Waals surface area contributed by atoms with E-state index < -0.39 is 5.97 Å². The van der Waals surface area contributed by atoms with Gasteiger partial charge in [0.25, 0.3) is 0 Å². The highest BCUT2D eigenvalue weighted by Crippen LogP contribution is 2.22. The van der Waals surface area contributed by atoms with E-state index in [4.69, 9.17) is 9.52 Å². The Kier molecular flexibility index (Phi) is 3.31. The van der Waals surface area contributed by atoms with Gasteiger partial charge in [-0.15, -0.1) is 0 Å². The van der Waals surface area contributed by atoms with Crippen LogP contribution in [0.3, 0.4) is 0 Å². The second-order valence-electron chi connectivity index (χ2n) is 4.79. The number of hydrogen-bond donors (Lipinski definition) is 2. The highest BCUT2D eigenvalue weighted by Gasteiger charge is 2.09. The van der Waals surface area contributed by atoms with Gasteiger partial charge in [0.05, 0.1) is 23.3 Å². The molecular formula is C16H14N2O3. The molecule has 0 radical (unpaired) electrons. The average molecular weight is 282 g/mol. The topological polar surface area (TPSA) is 75.4 Å². The molecule has 3 rings (SSSR count). The van der Waals surface area contributed by atoms with Crippen LogP contribution < -0.4 is 5.32 Å². The number of nitrogens with zero attached hydrogens (tertiary/aromatic N) is 1. The standard InChI is InChI=1S/C16H14N2O3/c1-10-5-6-11-3-2-4-14(15(11)18-10)17-8-13-7-12(9-21-13)16(19)20/h2-7,9,17H,8H2,1H3,(H,19,20). The quantitative estimate of drug-likeness (QED) is 0.766. The van der Waals surface area contributed by atoms with Crippen LogP contribution in [0, 0.1) is 6.92 Å². The first-order valence-electron chi connectivity index (χ1n) is 6.54. The molecule has 1 aromatic carbocycles. The number of anilines is 1. The molecule has 0 amide bonds. The van der Waals surface area contributed by atoms with E-state index in [0.717, 1.165) is 22.3 Å². The van der Waals surface area contributed by atoms with Gasteiger partial charge in [0, 0.05) is 11.1 Å². The third-order valence-electron chi connectivity index (χ3n) is 3.21. The summed E-state index contributed by atoms with van der Waals surface area (Å²) in [6.07, 6.45) is 1.24. The maximum absolute atomic E-state index is 10.8. The maximum atomic E-state index is 10.8. The molecule has 0 spiro atoms. The molecule has 106 valence electrons. The van der Waals surface area contributed by atoms with Crippen molar-refractivity contribution in [2.75, 3.05) is 5.32 Å². The van der Waals surface area contributed by atoms with Gasteiger partial charge in [0.1, 0.15) is 12.0 Å². The van der Waals surface area contributed by atoms with Crippen molar-refractivity contribution >= 4 is 22.6 Å². The minimum Gasteiger partial charge on any atom is -0.478 e. The van der Waals surface area contributed by atoms with Crippen LogP contribution in [0.25, 0.3) is 10.9 Å². The molecule has 2 heterocycles. The van der Waals surface area contributed by atoms with Crippen LogP contribution in [0.5, 0.6) is 0 Å². The van der Waals surface area contributed by atoms with Crippen LogP contribution in [0.2, 0.25) is 0 Å². The number of aromatic carboxylic acids is 1. The van der Waals surface area contributed by atoms with Gasteiger partial charge in [0.2, 0.25) is 0 Å². The summed E-state index contributed by atoms with van der Waals surface area (Å²) < 4.78 is 5.22. The van der Waals surface area contributed by atoms with Gasteiger partial charge in [-0.05, 0) is 25.1 Å². The van der Waals surface area contributed by atoms with Crippen molar-refractivity contribution < 1.29 is 14.3 Å². The Morgan fingerprint density at radius 1 is 1.33 bits per heavy atom. The molecule has 0 aliphatic carbocycles. The van der Waals surface area contributed by atoms with Crippen LogP contribution in [0.15, 0.2) is 47.1 Å². The van der Waals surface area contributed by atoms with Gasteiger partial charge in [0.15, 0.2) is 0 Å². The largest absolute Gasteiger partial charge is 0.478 e. The van der Waals surface area contributed by atoms with E-state index in [1.54, 1.807) is 0 Å². The number of furan rings is 1. The van der Waals surface area contributed by atoms with Gasteiger partial charge >= 0.3 is 5.97 Å². The lowest BCUT2D eigenvalue weighted by molar-refractivity contribution is 0.0696. The van der Waals surface area contributed by atoms with Crippen molar-refractivity contribution in [1.82, 2.24) is 4.98 Å². The van der Waals surface area contributed by atoms with Crippen molar-refractivity contribution in [3.63, 3.8) is 0 Å². The average Bonchev–Trinajstić information content (AvgIpc) is 2.94. The lowest BCUT2D eigenvalue weighted by atomic mass is 10.1. The van der Waals surface area contributed by atoms with E-state index in [0.29, 0.717) is 12.3 Å². The Morgan fingerprint density at radius 3 is 2.95 bits per heavy atom. The molecule has 0 aliphatic rings. The number of carbonyl (C=O) groups is 1. The van der Waals surface area contributed by atoms with Gasteiger partial charge in [-0.25, -0.2) is 4.79 Å². The number of carboxylic acids is 1. The van der Waals surface area contributed by atoms with Crippen molar-refractivity contribution in [1.29, 1.82) is 0 Å². The zero-order valence-electron chi connectivity index (χ0n) is 11.5. The molecule has 0 unspecified atom stereocenters. The predicted molar refractivity (Wildman–Crippen MR) is 79.5 cm³/mol. The van der Waals surface area contributed by atoms with Gasteiger partial charge in [-0.3, -0.25) is 4.98 Å². The Balaban J connectivity index is 1.84. The first-order chi connectivity index (χ1) is 10.1. The number of hydrogen-bond acceptors (Lipinski definition) is 4. The number of para-hydroxylation sites is 1. The number of nitrogens with one attached hydrogen (secondary N) is 1. The highest BCUT2D eigenvalue weighted by atomic mass is 16.4. The number of pyridine rings is 1. The summed E-state index contributed by atoms with van der Waals surface area (Å²) in [4.78, 5) is 15.3. The molecule has 2 N–H and O–H groups in total. The van der Waals surface area contributed by atoms with E-state index in [1.807, 2.05) is 37.3 Å². The second-order valence-corrected chi connectivity index (χ2v) is 4.79. The van der Waals surface area contributed by atoms with Crippen LogP contribution in [-0.4, -0.2) is 16.1 Å². The second kappa shape index (κ2) is 5.28. The summed E-state index contributed by atoms with van der Waals surface area (Å²) >= 11 is 0. The highest BCUT2D eigenvalue weighted by molar-refractivity contribution is 5.90. The van der Waals surface area contributed by atoms with Crippen molar-refractivity contribution in [2.24, 2.45) is 0 Å². The number of aryl methyl sites for hydroxylation is 1. The van der Waals surface area contributed by atoms with E-state index >= 15 is 0 Å². The Labute approximate surface area is 121 Å². The fraction of sp³-hybridized carbons (Fsp3) is 0.125. The van der Waals surface area contributed by atoms with Crippen LogP contribution in [-0.2, 0) is 6.54 Å². The molecule has 0 aliphatic heterocycles. The summed E-state index contributed by atoms with van der Waals surface area (Å²) in [6.45, 7) is 2.35. The minimum absolute atomic E-state index is 0.152. The van der Waals surface area contributed by atoms with Crippen LogP contribution in [0.4, 0.5) is 5.69 Å². The van der Waals surface area contributed by atoms with Gasteiger partial charge in [-0.1, -0.05) is 18.2 Å². The van der Waals surface area contributed by atoms with Crippen LogP contribution >= 0.6 is 0 Å². The molecular weight excluding hydrogens is 268 g/mol. The Morgan fingerprint density at radius 2 is 2.19 bits per heavy atom. The van der Waals surface area contributed by atoms with E-state index in [2.05, 4.69) is 10.3 Å². The summed E-state index contributed by atoms with van der Waals surface area (Å²) in [6, 6.07) is 11.4. The lowest BCUT2D eigenvalue weighted by Gasteiger charge is -2.08. The number of benzene rings is 1. The zero-order chi connectivity index (χ0) is 14.8. The molecule has 21 heavy (non-hydrogen) atoms. The number of rotatable bonds is 4. The Hall–Kier alpha value is -2.82. The van der Waals surface area contributed by atoms with Crippen LogP contribution in [0.1, 0.15) is 21.8 Å². The smallest absolute Gasteiger partial charge is 0.338 e. The Bertz CT molecular complexity index is 808. The summed E-state index contributed by atoms with van der Waals surface area (Å²) in [5.41, 5.74) is 2.88. The van der Waals surface area contributed by atoms with E-state index in [1.165, 1.54) is 12.3 Å². The molecule has 3 aromatic rings. The summed E-state index contributed by atoms with van der Waals surface area (Å²) in [5.74, 6) is -0.426. The molecule has 0 atom stereocenters. The van der Waals surface area contributed by atoms with Gasteiger partial charge < -0.3 is 14.8 Å². The fourth-order valence-corrected chi connectivity index (χ4v) is 2.16. The maximum Gasteiger partial charge on any atom is 0.338 e. The molecule has 5 nitrogen and oxygen atoms in total. The monoisotopic (exact) mass is 282 g/mol. The summed E-state index contributed by atoms with van der Waals surface area (Å²) in [5, 5.41) is 13.2. The van der Waals surface area contributed by atoms with Crippen molar-refractivity contribution in [3.8, 4) is 0 Å². The molecule has 5 heteroatoms. The molecule has 0 saturated heterocycles. The predicted octanol–water partition coefficient (Wildman–Crippen LogP) is 3.45. The number of aromatic nitrogens is 1. The van der Waals surface area contributed by atoms with Crippen molar-refractivity contribution in [2.45, 2.75) is 13.5 Å². The number of carboxylic acid groups (broad SMARTS) is 1. The van der Waals surface area contributed by atoms with E-state index in [-0.39, 0.29) is 5.56 Å². The molecule has 0 fully saturated rings. The first kappa shape index (κ1) is 13.2. The third kappa shape index (κ3) is 2.72. The minimum atomic E-state index is -0.993. The zero-order valence-corrected chi connectivity index (χ0v) is 11.5. The molecule has 0 bridgehead atoms. The molecule has 2 aromatic heterocycles. The number of fused-ring (bicyclic) bond motifs is 1. The lowest BCUT2D eigenvalue weighted by Crippen LogP contribution is -2.00. The van der Waals surface area contributed by atoms with E-state index in [9.17, 15) is 4.79 Å². The third-order valence-corrected chi connectivity index (χ3v) is 3.21. The fourth-order valence-electron chi connectivity index (χ4n) is 2.16. The van der Waals surface area contributed by atoms with Gasteiger partial charge in [-0.2, -0.15) is 0 Å².